The van der Waals surface area contributed by atoms with Crippen molar-refractivity contribution in [2.45, 2.75) is 75.8 Å². The van der Waals surface area contributed by atoms with Gasteiger partial charge in [-0.3, -0.25) is 14.9 Å². The van der Waals surface area contributed by atoms with E-state index in [4.69, 9.17) is 18.9 Å². The second-order valence-electron chi connectivity index (χ2n) is 15.0. The van der Waals surface area contributed by atoms with Crippen LogP contribution in [-0.2, 0) is 38.8 Å². The maximum Gasteiger partial charge on any atom is 0.407 e. The Balaban J connectivity index is 1.23. The Bertz CT molecular complexity index is 2100. The van der Waals surface area contributed by atoms with E-state index in [2.05, 4.69) is 10.6 Å². The van der Waals surface area contributed by atoms with Gasteiger partial charge >= 0.3 is 6.09 Å². The summed E-state index contributed by atoms with van der Waals surface area (Å²) in [5, 5.41) is 26.8. The Hall–Kier alpha value is -5.71. The number of aliphatic hydroxyl groups excluding tert-OH is 1. The molecule has 15 nitrogen and oxygen atoms in total. The summed E-state index contributed by atoms with van der Waals surface area (Å²) in [4.78, 5) is 36.3. The molecule has 0 saturated heterocycles. The van der Waals surface area contributed by atoms with Crippen LogP contribution in [0.1, 0.15) is 56.2 Å². The highest BCUT2D eigenvalue weighted by Gasteiger charge is 2.28. The number of carbonyl (C=O) groups is 2. The number of non-ortho nitro benzene ring substituents is 1. The lowest BCUT2D eigenvalue weighted by Crippen LogP contribution is -2.43. The standard InChI is InChI=1S/C45H58N4O11S/c1-33(2)31-48(61(55,56)41-20-17-38(18-21-41)49(53)54)26-24-37(28-34-10-6-5-7-11-34)47-45(52)60-40(32-50)19-23-44(51)46-25-27-59-39-15-9-14-35(29-39)12-8-13-36-16-22-42(57-3)43(30-36)58-4/h5-7,9-11,14-18,20-22,29-30,33,37,40,50H,8,12-13,19,23-28,31-32H2,1-4H3,(H,46,51)(H,47,52)/t37-,40?/m1/s1. The number of hydrogen-bond acceptors (Lipinski definition) is 11. The minimum Gasteiger partial charge on any atom is -0.493 e. The van der Waals surface area contributed by atoms with E-state index in [0.717, 1.165) is 48.1 Å². The Morgan fingerprint density at radius 1 is 0.852 bits per heavy atom. The minimum atomic E-state index is -4.03. The van der Waals surface area contributed by atoms with Gasteiger partial charge in [0.2, 0.25) is 15.9 Å². The first-order valence-corrected chi connectivity index (χ1v) is 21.8. The van der Waals surface area contributed by atoms with Crippen molar-refractivity contribution in [2.75, 3.05) is 47.1 Å². The smallest absolute Gasteiger partial charge is 0.407 e. The number of carbonyl (C=O) groups excluding carboxylic acids is 2. The maximum absolute atomic E-state index is 13.7. The fourth-order valence-corrected chi connectivity index (χ4v) is 8.25. The van der Waals surface area contributed by atoms with E-state index in [1.807, 2.05) is 86.6 Å². The Morgan fingerprint density at radius 3 is 2.20 bits per heavy atom. The molecule has 0 aromatic heterocycles. The number of rotatable bonds is 26. The van der Waals surface area contributed by atoms with Crippen molar-refractivity contribution < 1.29 is 47.0 Å². The molecule has 0 fully saturated rings. The van der Waals surface area contributed by atoms with Crippen LogP contribution in [0.25, 0.3) is 0 Å². The van der Waals surface area contributed by atoms with Crippen LogP contribution in [0.4, 0.5) is 10.5 Å². The van der Waals surface area contributed by atoms with Crippen LogP contribution in [0, 0.1) is 16.0 Å². The predicted molar refractivity (Wildman–Crippen MR) is 231 cm³/mol. The SMILES string of the molecule is COc1ccc(CCCc2cccc(OCCNC(=O)CCC(CO)OC(=O)N[C@H](CCN(CC(C)C)S(=O)(=O)c3ccc([N+](=O)[O-])cc3)Cc3ccccc3)c2)cc1OC. The number of aliphatic hydroxyl groups is 1. The summed E-state index contributed by atoms with van der Waals surface area (Å²) in [5.74, 6) is 1.77. The van der Waals surface area contributed by atoms with Gasteiger partial charge < -0.3 is 34.7 Å². The van der Waals surface area contributed by atoms with Gasteiger partial charge in [-0.05, 0) is 97.5 Å². The molecule has 4 rings (SSSR count). The van der Waals surface area contributed by atoms with Gasteiger partial charge in [-0.2, -0.15) is 4.31 Å². The molecular weight excluding hydrogens is 805 g/mol. The molecule has 0 spiro atoms. The molecule has 0 radical (unpaired) electrons. The zero-order valence-corrected chi connectivity index (χ0v) is 36.1. The Kier molecular flexibility index (Phi) is 19.3. The number of benzene rings is 4. The molecule has 0 aliphatic carbocycles. The van der Waals surface area contributed by atoms with Crippen LogP contribution in [0.5, 0.6) is 17.2 Å². The van der Waals surface area contributed by atoms with Gasteiger partial charge in [-0.15, -0.1) is 0 Å². The molecule has 0 heterocycles. The van der Waals surface area contributed by atoms with Crippen molar-refractivity contribution in [3.05, 3.63) is 124 Å². The summed E-state index contributed by atoms with van der Waals surface area (Å²) in [6.45, 7) is 3.97. The molecule has 16 heteroatoms. The largest absolute Gasteiger partial charge is 0.493 e. The van der Waals surface area contributed by atoms with Gasteiger partial charge in [0.05, 0.1) is 37.2 Å². The molecule has 0 bridgehead atoms. The van der Waals surface area contributed by atoms with Gasteiger partial charge in [-0.25, -0.2) is 13.2 Å². The average Bonchev–Trinajstić information content (AvgIpc) is 3.25. The van der Waals surface area contributed by atoms with E-state index in [1.165, 1.54) is 16.4 Å². The molecule has 3 N–H and O–H groups in total. The number of nitrogens with zero attached hydrogens (tertiary/aromatic N) is 2. The second kappa shape index (κ2) is 24.5. The van der Waals surface area contributed by atoms with Crippen LogP contribution in [0.2, 0.25) is 0 Å². The summed E-state index contributed by atoms with van der Waals surface area (Å²) in [5.41, 5.74) is 2.97. The average molecular weight is 863 g/mol. The van der Waals surface area contributed by atoms with E-state index in [9.17, 15) is 33.2 Å². The van der Waals surface area contributed by atoms with E-state index in [0.29, 0.717) is 23.7 Å². The van der Waals surface area contributed by atoms with Crippen LogP contribution in [-0.4, -0.2) is 94.0 Å². The summed E-state index contributed by atoms with van der Waals surface area (Å²) >= 11 is 0. The summed E-state index contributed by atoms with van der Waals surface area (Å²) in [6, 6.07) is 27.3. The van der Waals surface area contributed by atoms with Crippen molar-refractivity contribution >= 4 is 27.7 Å². The van der Waals surface area contributed by atoms with Crippen LogP contribution < -0.4 is 24.8 Å². The number of sulfonamides is 1. The fourth-order valence-electron chi connectivity index (χ4n) is 6.63. The molecule has 1 unspecified atom stereocenters. The number of ether oxygens (including phenoxy) is 4. The third-order valence-corrected chi connectivity index (χ3v) is 11.6. The van der Waals surface area contributed by atoms with Crippen molar-refractivity contribution in [2.24, 2.45) is 5.92 Å². The lowest BCUT2D eigenvalue weighted by atomic mass is 10.0. The number of aryl methyl sites for hydroxylation is 2. The third-order valence-electron chi connectivity index (χ3n) is 9.77. The molecule has 330 valence electrons. The summed E-state index contributed by atoms with van der Waals surface area (Å²) in [6.07, 6.45) is 1.52. The lowest BCUT2D eigenvalue weighted by molar-refractivity contribution is -0.384. The fraction of sp³-hybridized carbons (Fsp3) is 0.422. The van der Waals surface area contributed by atoms with Crippen LogP contribution in [0.15, 0.2) is 102 Å². The number of nitro benzene ring substituents is 1. The normalized spacial score (nSPS) is 12.4. The van der Waals surface area contributed by atoms with Crippen molar-refractivity contribution in [3.8, 4) is 17.2 Å². The van der Waals surface area contributed by atoms with Gasteiger partial charge in [0.25, 0.3) is 5.69 Å². The predicted octanol–water partition coefficient (Wildman–Crippen LogP) is 6.50. The first-order valence-electron chi connectivity index (χ1n) is 20.4. The van der Waals surface area contributed by atoms with Crippen molar-refractivity contribution in [1.29, 1.82) is 0 Å². The minimum absolute atomic E-state index is 0.00777. The zero-order chi connectivity index (χ0) is 44.2. The van der Waals surface area contributed by atoms with Gasteiger partial charge in [0.1, 0.15) is 18.5 Å². The number of nitro groups is 1. The molecule has 4 aromatic carbocycles. The first-order chi connectivity index (χ1) is 29.3. The number of nitrogens with one attached hydrogen (secondary N) is 2. The van der Waals surface area contributed by atoms with Gasteiger partial charge in [0, 0.05) is 37.7 Å². The molecule has 2 amide bonds. The second-order valence-corrected chi connectivity index (χ2v) is 16.9. The zero-order valence-electron chi connectivity index (χ0n) is 35.3. The molecule has 0 aliphatic rings. The molecule has 0 aliphatic heterocycles. The molecule has 0 saturated carbocycles. The topological polar surface area (TPSA) is 196 Å². The molecular formula is C45H58N4O11S. The van der Waals surface area contributed by atoms with E-state index in [-0.39, 0.29) is 67.9 Å². The van der Waals surface area contributed by atoms with E-state index in [1.54, 1.807) is 14.2 Å². The lowest BCUT2D eigenvalue weighted by Gasteiger charge is -2.27. The highest BCUT2D eigenvalue weighted by Crippen LogP contribution is 2.28. The number of amides is 2. The Morgan fingerprint density at radius 2 is 1.54 bits per heavy atom. The summed E-state index contributed by atoms with van der Waals surface area (Å²) in [7, 11) is -0.797. The molecule has 61 heavy (non-hydrogen) atoms. The number of methoxy groups -OCH3 is 2. The Labute approximate surface area is 358 Å². The van der Waals surface area contributed by atoms with Crippen LogP contribution >= 0.6 is 0 Å². The molecule has 2 atom stereocenters. The maximum atomic E-state index is 13.7. The number of hydrogen-bond donors (Lipinski definition) is 3. The third kappa shape index (κ3) is 16.0. The van der Waals surface area contributed by atoms with E-state index >= 15 is 0 Å². The van der Waals surface area contributed by atoms with Gasteiger partial charge in [-0.1, -0.05) is 62.4 Å². The summed E-state index contributed by atoms with van der Waals surface area (Å²) < 4.78 is 50.8. The van der Waals surface area contributed by atoms with Gasteiger partial charge in [0.15, 0.2) is 11.5 Å². The van der Waals surface area contributed by atoms with Crippen molar-refractivity contribution in [1.82, 2.24) is 14.9 Å². The highest BCUT2D eigenvalue weighted by molar-refractivity contribution is 7.89. The quantitative estimate of drug-likeness (QED) is 0.0354. The monoisotopic (exact) mass is 862 g/mol. The number of alkyl carbamates (subject to hydrolysis) is 1. The van der Waals surface area contributed by atoms with E-state index < -0.39 is 39.8 Å². The van der Waals surface area contributed by atoms with Crippen LogP contribution in [0.3, 0.4) is 0 Å². The van der Waals surface area contributed by atoms with Crippen molar-refractivity contribution in [3.63, 3.8) is 0 Å². The highest BCUT2D eigenvalue weighted by atomic mass is 32.2. The first kappa shape index (κ1) is 48.0. The molecule has 4 aromatic rings.